The van der Waals surface area contributed by atoms with Gasteiger partial charge >= 0.3 is 0 Å². The molecule has 84 valence electrons. The Morgan fingerprint density at radius 1 is 1.47 bits per heavy atom. The number of rotatable bonds is 7. The van der Waals surface area contributed by atoms with Crippen molar-refractivity contribution >= 4 is 33.6 Å². The van der Waals surface area contributed by atoms with Gasteiger partial charge in [0.05, 0.1) is 11.5 Å². The average Bonchev–Trinajstić information content (AvgIpc) is 2.59. The van der Waals surface area contributed by atoms with Crippen LogP contribution in [0.25, 0.3) is 0 Å². The summed E-state index contributed by atoms with van der Waals surface area (Å²) in [5.74, 6) is 0.790. The van der Waals surface area contributed by atoms with E-state index >= 15 is 0 Å². The molecule has 0 radical (unpaired) electrons. The number of carbonyl (C=O) groups is 1. The van der Waals surface area contributed by atoms with Crippen LogP contribution in [0.15, 0.2) is 9.85 Å². The third-order valence-corrected chi connectivity index (χ3v) is 3.75. The van der Waals surface area contributed by atoms with Crippen molar-refractivity contribution in [2.75, 3.05) is 6.61 Å². The number of ether oxygens (including phenoxy) is 1. The highest BCUT2D eigenvalue weighted by Gasteiger charge is 2.06. The number of thiophene rings is 1. The van der Waals surface area contributed by atoms with E-state index in [1.54, 1.807) is 6.07 Å². The molecule has 0 atom stereocenters. The smallest absolute Gasteiger partial charge is 0.160 e. The normalized spacial score (nSPS) is 10.3. The minimum Gasteiger partial charge on any atom is -0.491 e. The first kappa shape index (κ1) is 12.7. The summed E-state index contributed by atoms with van der Waals surface area (Å²) in [5.41, 5.74) is 0. The Morgan fingerprint density at radius 2 is 2.27 bits per heavy atom. The van der Waals surface area contributed by atoms with Gasteiger partial charge in [-0.25, -0.2) is 0 Å². The first-order chi connectivity index (χ1) is 7.27. The van der Waals surface area contributed by atoms with Gasteiger partial charge in [-0.3, -0.25) is 4.79 Å². The molecule has 1 heterocycles. The van der Waals surface area contributed by atoms with Crippen molar-refractivity contribution in [3.8, 4) is 5.75 Å². The van der Waals surface area contributed by atoms with Gasteiger partial charge in [0.15, 0.2) is 6.29 Å². The zero-order valence-corrected chi connectivity index (χ0v) is 11.2. The zero-order chi connectivity index (χ0) is 11.1. The fourth-order valence-corrected chi connectivity index (χ4v) is 2.67. The fraction of sp³-hybridized carbons (Fsp3) is 0.545. The molecule has 2 nitrogen and oxygen atoms in total. The lowest BCUT2D eigenvalue weighted by Gasteiger charge is -2.03. The van der Waals surface area contributed by atoms with Crippen LogP contribution in [-0.4, -0.2) is 12.9 Å². The molecular formula is C11H15BrO2S. The zero-order valence-electron chi connectivity index (χ0n) is 8.79. The highest BCUT2D eigenvalue weighted by atomic mass is 79.9. The van der Waals surface area contributed by atoms with Crippen molar-refractivity contribution in [1.82, 2.24) is 0 Å². The van der Waals surface area contributed by atoms with Crippen molar-refractivity contribution < 1.29 is 9.53 Å². The maximum Gasteiger partial charge on any atom is 0.160 e. The van der Waals surface area contributed by atoms with E-state index in [2.05, 4.69) is 22.9 Å². The van der Waals surface area contributed by atoms with Crippen LogP contribution in [0, 0.1) is 0 Å². The summed E-state index contributed by atoms with van der Waals surface area (Å²) in [5, 5.41) is 0. The maximum atomic E-state index is 10.5. The largest absolute Gasteiger partial charge is 0.491 e. The predicted molar refractivity (Wildman–Crippen MR) is 67.0 cm³/mol. The molecule has 0 saturated heterocycles. The van der Waals surface area contributed by atoms with Crippen LogP contribution in [0.1, 0.15) is 42.3 Å². The Kier molecular flexibility index (Phi) is 5.95. The molecule has 0 aliphatic carbocycles. The molecule has 15 heavy (non-hydrogen) atoms. The lowest BCUT2D eigenvalue weighted by molar-refractivity contribution is 0.112. The van der Waals surface area contributed by atoms with Crippen LogP contribution >= 0.6 is 27.3 Å². The Hall–Kier alpha value is -0.350. The monoisotopic (exact) mass is 290 g/mol. The average molecular weight is 291 g/mol. The summed E-state index contributed by atoms with van der Waals surface area (Å²) in [6.07, 6.45) is 5.62. The topological polar surface area (TPSA) is 26.3 Å². The molecule has 0 N–H and O–H groups in total. The second kappa shape index (κ2) is 7.01. The Bertz CT molecular complexity index is 310. The van der Waals surface area contributed by atoms with Crippen LogP contribution in [-0.2, 0) is 0 Å². The maximum absolute atomic E-state index is 10.5. The Labute approximate surface area is 103 Å². The molecule has 0 amide bonds. The van der Waals surface area contributed by atoms with Gasteiger partial charge in [0, 0.05) is 6.07 Å². The number of halogens is 1. The van der Waals surface area contributed by atoms with Gasteiger partial charge in [-0.2, -0.15) is 0 Å². The molecule has 4 heteroatoms. The highest BCUT2D eigenvalue weighted by molar-refractivity contribution is 9.11. The van der Waals surface area contributed by atoms with Gasteiger partial charge in [-0.05, 0) is 22.4 Å². The Balaban J connectivity index is 2.30. The second-order valence-corrected chi connectivity index (χ2v) is 5.72. The molecule has 1 aromatic rings. The van der Waals surface area contributed by atoms with Crippen LogP contribution < -0.4 is 4.74 Å². The lowest BCUT2D eigenvalue weighted by Crippen LogP contribution is -1.96. The van der Waals surface area contributed by atoms with Gasteiger partial charge in [0.25, 0.3) is 0 Å². The molecule has 0 aliphatic heterocycles. The second-order valence-electron chi connectivity index (χ2n) is 3.31. The van der Waals surface area contributed by atoms with Crippen molar-refractivity contribution in [2.45, 2.75) is 32.6 Å². The lowest BCUT2D eigenvalue weighted by atomic mass is 10.2. The molecule has 1 aromatic heterocycles. The third-order valence-electron chi connectivity index (χ3n) is 2.05. The quantitative estimate of drug-likeness (QED) is 0.553. The summed E-state index contributed by atoms with van der Waals surface area (Å²) >= 11 is 4.78. The highest BCUT2D eigenvalue weighted by Crippen LogP contribution is 2.33. The van der Waals surface area contributed by atoms with Crippen LogP contribution in [0.4, 0.5) is 0 Å². The minimum atomic E-state index is 0.699. The standard InChI is InChI=1S/C11H15BrO2S/c1-2-3-4-5-6-14-10-7-9(8-13)15-11(10)12/h7-8H,2-6H2,1H3. The predicted octanol–water partition coefficient (Wildman–Crippen LogP) is 4.28. The van der Waals surface area contributed by atoms with Crippen LogP contribution in [0.2, 0.25) is 0 Å². The Morgan fingerprint density at radius 3 is 2.87 bits per heavy atom. The molecule has 1 rings (SSSR count). The number of hydrogen-bond donors (Lipinski definition) is 0. The molecular weight excluding hydrogens is 276 g/mol. The van der Waals surface area contributed by atoms with Gasteiger partial charge < -0.3 is 4.74 Å². The third kappa shape index (κ3) is 4.34. The van der Waals surface area contributed by atoms with E-state index in [4.69, 9.17) is 4.74 Å². The van der Waals surface area contributed by atoms with E-state index in [0.717, 1.165) is 28.8 Å². The first-order valence-electron chi connectivity index (χ1n) is 5.15. The van der Waals surface area contributed by atoms with E-state index in [-0.39, 0.29) is 0 Å². The molecule has 0 aromatic carbocycles. The summed E-state index contributed by atoms with van der Waals surface area (Å²) in [6, 6.07) is 1.78. The van der Waals surface area contributed by atoms with Gasteiger partial charge in [0.1, 0.15) is 9.54 Å². The van der Waals surface area contributed by atoms with Crippen LogP contribution in [0.3, 0.4) is 0 Å². The number of aldehydes is 1. The fourth-order valence-electron chi connectivity index (χ4n) is 1.24. The molecule has 0 unspecified atom stereocenters. The van der Waals surface area contributed by atoms with Gasteiger partial charge in [-0.1, -0.05) is 26.2 Å². The van der Waals surface area contributed by atoms with Crippen molar-refractivity contribution in [1.29, 1.82) is 0 Å². The van der Waals surface area contributed by atoms with E-state index in [1.165, 1.54) is 30.6 Å². The van der Waals surface area contributed by atoms with E-state index in [9.17, 15) is 4.79 Å². The number of carbonyl (C=O) groups excluding carboxylic acids is 1. The van der Waals surface area contributed by atoms with E-state index in [0.29, 0.717) is 4.88 Å². The van der Waals surface area contributed by atoms with Crippen molar-refractivity contribution in [3.63, 3.8) is 0 Å². The number of unbranched alkanes of at least 4 members (excludes halogenated alkanes) is 3. The summed E-state index contributed by atoms with van der Waals surface area (Å²) < 4.78 is 6.47. The molecule has 0 aliphatic rings. The van der Waals surface area contributed by atoms with Gasteiger partial charge in [-0.15, -0.1) is 11.3 Å². The van der Waals surface area contributed by atoms with E-state index < -0.39 is 0 Å². The molecule has 0 saturated carbocycles. The number of hydrogen-bond acceptors (Lipinski definition) is 3. The van der Waals surface area contributed by atoms with Crippen molar-refractivity contribution in [3.05, 3.63) is 14.7 Å². The van der Waals surface area contributed by atoms with Crippen molar-refractivity contribution in [2.24, 2.45) is 0 Å². The summed E-state index contributed by atoms with van der Waals surface area (Å²) in [6.45, 7) is 2.92. The van der Waals surface area contributed by atoms with Gasteiger partial charge in [0.2, 0.25) is 0 Å². The summed E-state index contributed by atoms with van der Waals surface area (Å²) in [7, 11) is 0. The van der Waals surface area contributed by atoms with E-state index in [1.807, 2.05) is 0 Å². The summed E-state index contributed by atoms with van der Waals surface area (Å²) in [4.78, 5) is 11.2. The minimum absolute atomic E-state index is 0.699. The first-order valence-corrected chi connectivity index (χ1v) is 6.76. The van der Waals surface area contributed by atoms with Crippen LogP contribution in [0.5, 0.6) is 5.75 Å². The molecule has 0 spiro atoms. The molecule has 0 bridgehead atoms. The molecule has 0 fully saturated rings. The SMILES string of the molecule is CCCCCCOc1cc(C=O)sc1Br.